The molecular formula is C17H14N4O3. The summed E-state index contributed by atoms with van der Waals surface area (Å²) in [6, 6.07) is 11.8. The van der Waals surface area contributed by atoms with E-state index in [9.17, 15) is 9.59 Å². The van der Waals surface area contributed by atoms with Crippen molar-refractivity contribution in [2.45, 2.75) is 13.0 Å². The lowest BCUT2D eigenvalue weighted by Gasteiger charge is -2.15. The summed E-state index contributed by atoms with van der Waals surface area (Å²) in [6.07, 6.45) is 2.71. The fourth-order valence-corrected chi connectivity index (χ4v) is 2.36. The molecule has 3 rings (SSSR count). The van der Waals surface area contributed by atoms with Crippen molar-refractivity contribution in [2.75, 3.05) is 5.32 Å². The monoisotopic (exact) mass is 322 g/mol. The first-order chi connectivity index (χ1) is 11.6. The molecule has 0 aliphatic rings. The number of benzene rings is 1. The molecule has 0 fully saturated rings. The van der Waals surface area contributed by atoms with Crippen molar-refractivity contribution < 1.29 is 4.42 Å². The van der Waals surface area contributed by atoms with Crippen LogP contribution in [0.3, 0.4) is 0 Å². The number of aromatic nitrogens is 2. The van der Waals surface area contributed by atoms with Crippen LogP contribution in [0.2, 0.25) is 0 Å². The lowest BCUT2D eigenvalue weighted by atomic mass is 10.1. The van der Waals surface area contributed by atoms with Gasteiger partial charge in [0, 0.05) is 18.2 Å². The van der Waals surface area contributed by atoms with Crippen molar-refractivity contribution in [3.05, 3.63) is 80.9 Å². The van der Waals surface area contributed by atoms with Gasteiger partial charge >= 0.3 is 5.69 Å². The van der Waals surface area contributed by atoms with E-state index in [2.05, 4.69) is 16.4 Å². The Labute approximate surface area is 136 Å². The minimum Gasteiger partial charge on any atom is -0.470 e. The van der Waals surface area contributed by atoms with Gasteiger partial charge in [-0.1, -0.05) is 12.1 Å². The SMILES string of the molecule is C[C@H](Nc1cc(=O)n(-c2ccoc2)c(=O)[nH]1)c1ccc(C#N)cc1. The second-order valence-corrected chi connectivity index (χ2v) is 5.24. The summed E-state index contributed by atoms with van der Waals surface area (Å²) < 4.78 is 5.89. The second kappa shape index (κ2) is 6.30. The average molecular weight is 322 g/mol. The number of nitriles is 1. The van der Waals surface area contributed by atoms with Crippen molar-refractivity contribution in [2.24, 2.45) is 0 Å². The maximum atomic E-state index is 12.2. The summed E-state index contributed by atoms with van der Waals surface area (Å²) >= 11 is 0. The van der Waals surface area contributed by atoms with Crippen LogP contribution in [-0.2, 0) is 0 Å². The number of aromatic amines is 1. The average Bonchev–Trinajstić information content (AvgIpc) is 3.08. The Hall–Kier alpha value is -3.53. The third-order valence-corrected chi connectivity index (χ3v) is 3.61. The minimum atomic E-state index is -0.557. The van der Waals surface area contributed by atoms with Crippen molar-refractivity contribution >= 4 is 5.82 Å². The number of furan rings is 1. The standard InChI is InChI=1S/C17H14N4O3/c1-11(13-4-2-12(9-18)3-5-13)19-15-8-16(22)21(17(23)20-15)14-6-7-24-10-14/h2-8,10-11,19H,1H3,(H,20,23)/t11-/m0/s1. The largest absolute Gasteiger partial charge is 0.470 e. The molecule has 2 aromatic heterocycles. The van der Waals surface area contributed by atoms with Crippen molar-refractivity contribution in [1.82, 2.24) is 9.55 Å². The van der Waals surface area contributed by atoms with Crippen LogP contribution in [0.15, 0.2) is 62.9 Å². The molecule has 0 aliphatic heterocycles. The van der Waals surface area contributed by atoms with Gasteiger partial charge in [-0.3, -0.25) is 9.78 Å². The Morgan fingerprint density at radius 2 is 2.00 bits per heavy atom. The fourth-order valence-electron chi connectivity index (χ4n) is 2.36. The van der Waals surface area contributed by atoms with Gasteiger partial charge < -0.3 is 9.73 Å². The molecule has 120 valence electrons. The van der Waals surface area contributed by atoms with E-state index in [4.69, 9.17) is 9.68 Å². The molecule has 1 atom stereocenters. The first-order valence-electron chi connectivity index (χ1n) is 7.24. The maximum absolute atomic E-state index is 12.2. The zero-order valence-electron chi connectivity index (χ0n) is 12.8. The van der Waals surface area contributed by atoms with E-state index in [0.717, 1.165) is 10.1 Å². The third kappa shape index (κ3) is 2.98. The van der Waals surface area contributed by atoms with Crippen molar-refractivity contribution in [3.8, 4) is 11.8 Å². The number of H-pyrrole nitrogens is 1. The van der Waals surface area contributed by atoms with E-state index >= 15 is 0 Å². The second-order valence-electron chi connectivity index (χ2n) is 5.24. The van der Waals surface area contributed by atoms with Gasteiger partial charge in [0.25, 0.3) is 5.56 Å². The number of anilines is 1. The molecule has 0 spiro atoms. The highest BCUT2D eigenvalue weighted by Crippen LogP contribution is 2.17. The van der Waals surface area contributed by atoms with Gasteiger partial charge in [-0.15, -0.1) is 0 Å². The number of hydrogen-bond acceptors (Lipinski definition) is 5. The zero-order valence-corrected chi connectivity index (χ0v) is 12.8. The fraction of sp³-hybridized carbons (Fsp3) is 0.118. The minimum absolute atomic E-state index is 0.155. The molecule has 24 heavy (non-hydrogen) atoms. The lowest BCUT2D eigenvalue weighted by Crippen LogP contribution is -2.33. The topological polar surface area (TPSA) is 104 Å². The first-order valence-corrected chi connectivity index (χ1v) is 7.24. The molecule has 1 aromatic carbocycles. The molecule has 7 nitrogen and oxygen atoms in total. The molecule has 0 unspecified atom stereocenters. The summed E-state index contributed by atoms with van der Waals surface area (Å²) in [5.41, 5.74) is 0.844. The van der Waals surface area contributed by atoms with E-state index in [-0.39, 0.29) is 6.04 Å². The van der Waals surface area contributed by atoms with Gasteiger partial charge in [0.1, 0.15) is 12.1 Å². The van der Waals surface area contributed by atoms with Gasteiger partial charge in [0.2, 0.25) is 0 Å². The van der Waals surface area contributed by atoms with Crippen molar-refractivity contribution in [1.29, 1.82) is 5.26 Å². The van der Waals surface area contributed by atoms with Crippen LogP contribution in [0.25, 0.3) is 5.69 Å². The third-order valence-electron chi connectivity index (χ3n) is 3.61. The molecular weight excluding hydrogens is 308 g/mol. The number of hydrogen-bond donors (Lipinski definition) is 2. The first kappa shape index (κ1) is 15.4. The summed E-state index contributed by atoms with van der Waals surface area (Å²) in [5.74, 6) is 0.321. The number of nitrogens with zero attached hydrogens (tertiary/aromatic N) is 2. The molecule has 0 saturated carbocycles. The predicted octanol–water partition coefficient (Wildman–Crippen LogP) is 2.16. The lowest BCUT2D eigenvalue weighted by molar-refractivity contribution is 0.564. The van der Waals surface area contributed by atoms with Gasteiger partial charge in [-0.2, -0.15) is 5.26 Å². The number of rotatable bonds is 4. The Bertz CT molecular complexity index is 961. The van der Waals surface area contributed by atoms with Crippen LogP contribution >= 0.6 is 0 Å². The smallest absolute Gasteiger partial charge is 0.334 e. The van der Waals surface area contributed by atoms with Gasteiger partial charge in [-0.25, -0.2) is 9.36 Å². The molecule has 2 heterocycles. The van der Waals surface area contributed by atoms with Gasteiger partial charge in [-0.05, 0) is 24.6 Å². The van der Waals surface area contributed by atoms with Crippen LogP contribution < -0.4 is 16.6 Å². The van der Waals surface area contributed by atoms with E-state index in [1.165, 1.54) is 24.7 Å². The molecule has 0 radical (unpaired) electrons. The zero-order chi connectivity index (χ0) is 17.1. The van der Waals surface area contributed by atoms with Gasteiger partial charge in [0.15, 0.2) is 0 Å². The molecule has 0 aliphatic carbocycles. The Balaban J connectivity index is 1.87. The van der Waals surface area contributed by atoms with Gasteiger partial charge in [0.05, 0.1) is 23.6 Å². The molecule has 0 saturated heterocycles. The normalized spacial score (nSPS) is 11.7. The highest BCUT2D eigenvalue weighted by Gasteiger charge is 2.10. The van der Waals surface area contributed by atoms with E-state index in [1.54, 1.807) is 12.1 Å². The quantitative estimate of drug-likeness (QED) is 0.766. The molecule has 0 bridgehead atoms. The maximum Gasteiger partial charge on any atom is 0.334 e. The summed E-state index contributed by atoms with van der Waals surface area (Å²) in [6.45, 7) is 1.89. The highest BCUT2D eigenvalue weighted by atomic mass is 16.3. The summed E-state index contributed by atoms with van der Waals surface area (Å²) in [4.78, 5) is 27.0. The molecule has 3 aromatic rings. The molecule has 0 amide bonds. The van der Waals surface area contributed by atoms with Crippen LogP contribution in [-0.4, -0.2) is 9.55 Å². The summed E-state index contributed by atoms with van der Waals surface area (Å²) in [7, 11) is 0. The molecule has 2 N–H and O–H groups in total. The van der Waals surface area contributed by atoms with Crippen LogP contribution in [0.1, 0.15) is 24.1 Å². The predicted molar refractivity (Wildman–Crippen MR) is 88.1 cm³/mol. The van der Waals surface area contributed by atoms with Crippen LogP contribution in [0.4, 0.5) is 5.82 Å². The van der Waals surface area contributed by atoms with E-state index in [1.807, 2.05) is 19.1 Å². The summed E-state index contributed by atoms with van der Waals surface area (Å²) in [5, 5.41) is 11.9. The van der Waals surface area contributed by atoms with E-state index < -0.39 is 11.2 Å². The highest BCUT2D eigenvalue weighted by molar-refractivity contribution is 5.40. The van der Waals surface area contributed by atoms with Crippen molar-refractivity contribution in [3.63, 3.8) is 0 Å². The van der Waals surface area contributed by atoms with E-state index in [0.29, 0.717) is 17.1 Å². The van der Waals surface area contributed by atoms with Crippen LogP contribution in [0.5, 0.6) is 0 Å². The molecule has 7 heteroatoms. The Kier molecular flexibility index (Phi) is 4.03. The Morgan fingerprint density at radius 3 is 2.58 bits per heavy atom. The van der Waals surface area contributed by atoms with Crippen LogP contribution in [0, 0.1) is 11.3 Å². The Morgan fingerprint density at radius 1 is 1.25 bits per heavy atom. The number of nitrogens with one attached hydrogen (secondary N) is 2.